The SMILES string of the molecule is O=S(=O)(NCCSC(F)(F)F)c1ccccc1Br. The Bertz CT molecular complexity index is 505. The maximum absolute atomic E-state index is 11.8. The van der Waals surface area contributed by atoms with Gasteiger partial charge in [-0.1, -0.05) is 12.1 Å². The van der Waals surface area contributed by atoms with Crippen LogP contribution in [0.2, 0.25) is 0 Å². The van der Waals surface area contributed by atoms with Crippen LogP contribution in [-0.2, 0) is 10.0 Å². The minimum absolute atomic E-state index is 0.00186. The molecule has 0 amide bonds. The molecule has 1 aromatic carbocycles. The highest BCUT2D eigenvalue weighted by Crippen LogP contribution is 2.29. The molecule has 0 heterocycles. The molecule has 0 aliphatic rings. The van der Waals surface area contributed by atoms with Crippen LogP contribution in [0.15, 0.2) is 33.6 Å². The number of hydrogen-bond donors (Lipinski definition) is 1. The fourth-order valence-electron chi connectivity index (χ4n) is 1.08. The Kier molecular flexibility index (Phi) is 5.50. The molecule has 0 saturated carbocycles. The van der Waals surface area contributed by atoms with Crippen LogP contribution in [0.25, 0.3) is 0 Å². The van der Waals surface area contributed by atoms with Gasteiger partial charge in [-0.25, -0.2) is 13.1 Å². The van der Waals surface area contributed by atoms with Gasteiger partial charge in [0.25, 0.3) is 0 Å². The Morgan fingerprint density at radius 3 is 2.44 bits per heavy atom. The molecule has 0 aliphatic heterocycles. The average Bonchev–Trinajstić information content (AvgIpc) is 2.24. The summed E-state index contributed by atoms with van der Waals surface area (Å²) in [7, 11) is -3.79. The Hall–Kier alpha value is -0.250. The molecule has 3 nitrogen and oxygen atoms in total. The summed E-state index contributed by atoms with van der Waals surface area (Å²) in [6.45, 7) is -0.284. The predicted molar refractivity (Wildman–Crippen MR) is 67.8 cm³/mol. The lowest BCUT2D eigenvalue weighted by molar-refractivity contribution is -0.0327. The van der Waals surface area contributed by atoms with E-state index in [4.69, 9.17) is 0 Å². The van der Waals surface area contributed by atoms with Gasteiger partial charge in [-0.05, 0) is 39.8 Å². The van der Waals surface area contributed by atoms with E-state index in [9.17, 15) is 21.6 Å². The van der Waals surface area contributed by atoms with Gasteiger partial charge in [-0.3, -0.25) is 0 Å². The van der Waals surface area contributed by atoms with Crippen LogP contribution in [0.1, 0.15) is 0 Å². The molecular weight excluding hydrogens is 355 g/mol. The number of nitrogens with one attached hydrogen (secondary N) is 1. The molecule has 0 spiro atoms. The summed E-state index contributed by atoms with van der Waals surface area (Å²) in [6, 6.07) is 6.08. The zero-order valence-corrected chi connectivity index (χ0v) is 12.1. The molecule has 1 N–H and O–H groups in total. The van der Waals surface area contributed by atoms with Crippen molar-refractivity contribution in [3.63, 3.8) is 0 Å². The minimum atomic E-state index is -4.35. The molecule has 9 heteroatoms. The summed E-state index contributed by atoms with van der Waals surface area (Å²) in [5.41, 5.74) is -4.35. The summed E-state index contributed by atoms with van der Waals surface area (Å²) in [5.74, 6) is -0.368. The lowest BCUT2D eigenvalue weighted by Gasteiger charge is -2.09. The van der Waals surface area contributed by atoms with E-state index in [0.717, 1.165) is 0 Å². The number of sulfonamides is 1. The molecule has 0 unspecified atom stereocenters. The van der Waals surface area contributed by atoms with E-state index in [1.807, 2.05) is 0 Å². The predicted octanol–water partition coefficient (Wildman–Crippen LogP) is 2.98. The topological polar surface area (TPSA) is 46.2 Å². The summed E-state index contributed by atoms with van der Waals surface area (Å²) >= 11 is 2.80. The van der Waals surface area contributed by atoms with Crippen LogP contribution in [-0.4, -0.2) is 26.2 Å². The van der Waals surface area contributed by atoms with Crippen molar-refractivity contribution in [3.05, 3.63) is 28.7 Å². The van der Waals surface area contributed by atoms with Gasteiger partial charge in [0, 0.05) is 16.8 Å². The van der Waals surface area contributed by atoms with Crippen LogP contribution in [0.3, 0.4) is 0 Å². The van der Waals surface area contributed by atoms with Gasteiger partial charge >= 0.3 is 5.51 Å². The molecule has 102 valence electrons. The normalized spacial score (nSPS) is 12.7. The fraction of sp³-hybridized carbons (Fsp3) is 0.333. The largest absolute Gasteiger partial charge is 0.441 e. The molecule has 1 aromatic rings. The van der Waals surface area contributed by atoms with E-state index in [1.165, 1.54) is 12.1 Å². The van der Waals surface area contributed by atoms with Crippen LogP contribution >= 0.6 is 27.7 Å². The van der Waals surface area contributed by atoms with Crippen molar-refractivity contribution in [2.24, 2.45) is 0 Å². The van der Waals surface area contributed by atoms with Crippen LogP contribution in [0, 0.1) is 0 Å². The first kappa shape index (κ1) is 15.8. The van der Waals surface area contributed by atoms with E-state index in [-0.39, 0.29) is 29.0 Å². The fourth-order valence-corrected chi connectivity index (χ4v) is 3.68. The second-order valence-electron chi connectivity index (χ2n) is 3.12. The Morgan fingerprint density at radius 1 is 1.28 bits per heavy atom. The van der Waals surface area contributed by atoms with Crippen molar-refractivity contribution in [1.29, 1.82) is 0 Å². The van der Waals surface area contributed by atoms with Crippen molar-refractivity contribution in [2.75, 3.05) is 12.3 Å². The zero-order chi connectivity index (χ0) is 13.8. The highest BCUT2D eigenvalue weighted by Gasteiger charge is 2.27. The quantitative estimate of drug-likeness (QED) is 0.818. The van der Waals surface area contributed by atoms with Gasteiger partial charge < -0.3 is 0 Å². The monoisotopic (exact) mass is 363 g/mol. The van der Waals surface area contributed by atoms with Gasteiger partial charge in [0.15, 0.2) is 0 Å². The number of benzene rings is 1. The third-order valence-corrected chi connectivity index (χ3v) is 4.99. The summed E-state index contributed by atoms with van der Waals surface area (Å²) in [5, 5.41) is 0. The maximum Gasteiger partial charge on any atom is 0.441 e. The van der Waals surface area contributed by atoms with Crippen LogP contribution < -0.4 is 4.72 Å². The molecular formula is C9H9BrF3NO2S2. The smallest absolute Gasteiger partial charge is 0.210 e. The van der Waals surface area contributed by atoms with Gasteiger partial charge in [0.2, 0.25) is 10.0 Å². The number of halogens is 4. The van der Waals surface area contributed by atoms with Crippen molar-refractivity contribution >= 4 is 37.7 Å². The molecule has 18 heavy (non-hydrogen) atoms. The van der Waals surface area contributed by atoms with E-state index >= 15 is 0 Å². The van der Waals surface area contributed by atoms with Crippen LogP contribution in [0.5, 0.6) is 0 Å². The Balaban J connectivity index is 2.59. The first-order valence-electron chi connectivity index (χ1n) is 4.67. The number of rotatable bonds is 5. The van der Waals surface area contributed by atoms with E-state index in [1.54, 1.807) is 12.1 Å². The summed E-state index contributed by atoms with van der Waals surface area (Å²) < 4.78 is 61.5. The molecule has 0 atom stereocenters. The van der Waals surface area contributed by atoms with E-state index in [0.29, 0.717) is 4.47 Å². The molecule has 0 aromatic heterocycles. The highest BCUT2D eigenvalue weighted by molar-refractivity contribution is 9.10. The number of hydrogen-bond acceptors (Lipinski definition) is 3. The van der Waals surface area contributed by atoms with Gasteiger partial charge in [-0.2, -0.15) is 13.2 Å². The summed E-state index contributed by atoms with van der Waals surface area (Å²) in [6.07, 6.45) is 0. The van der Waals surface area contributed by atoms with Crippen LogP contribution in [0.4, 0.5) is 13.2 Å². The van der Waals surface area contributed by atoms with E-state index in [2.05, 4.69) is 20.7 Å². The zero-order valence-electron chi connectivity index (χ0n) is 8.87. The first-order valence-corrected chi connectivity index (χ1v) is 7.93. The molecule has 1 rings (SSSR count). The van der Waals surface area contributed by atoms with Crippen molar-refractivity contribution in [1.82, 2.24) is 4.72 Å². The average molecular weight is 364 g/mol. The molecule has 0 bridgehead atoms. The van der Waals surface area contributed by atoms with Gasteiger partial charge in [-0.15, -0.1) is 0 Å². The Labute approximate surface area is 115 Å². The number of alkyl halides is 3. The van der Waals surface area contributed by atoms with Gasteiger partial charge in [0.05, 0.1) is 4.90 Å². The third-order valence-electron chi connectivity index (χ3n) is 1.79. The first-order chi connectivity index (χ1) is 8.22. The Morgan fingerprint density at radius 2 is 1.89 bits per heavy atom. The standard InChI is InChI=1S/C9H9BrF3NO2S2/c10-7-3-1-2-4-8(7)18(15,16)14-5-6-17-9(11,12)13/h1-4,14H,5-6H2. The maximum atomic E-state index is 11.8. The molecule has 0 fully saturated rings. The highest BCUT2D eigenvalue weighted by atomic mass is 79.9. The second kappa shape index (κ2) is 6.27. The van der Waals surface area contributed by atoms with Gasteiger partial charge in [0.1, 0.15) is 0 Å². The molecule has 0 aliphatic carbocycles. The lowest BCUT2D eigenvalue weighted by Crippen LogP contribution is -2.27. The summed E-state index contributed by atoms with van der Waals surface area (Å²) in [4.78, 5) is 0.00186. The second-order valence-corrected chi connectivity index (χ2v) is 6.87. The minimum Gasteiger partial charge on any atom is -0.210 e. The third kappa shape index (κ3) is 5.17. The van der Waals surface area contributed by atoms with Crippen molar-refractivity contribution in [2.45, 2.75) is 10.4 Å². The van der Waals surface area contributed by atoms with Crippen molar-refractivity contribution in [3.8, 4) is 0 Å². The lowest BCUT2D eigenvalue weighted by atomic mass is 10.4. The number of thioether (sulfide) groups is 1. The molecule has 0 saturated heterocycles. The van der Waals surface area contributed by atoms with E-state index < -0.39 is 15.5 Å². The molecule has 0 radical (unpaired) electrons. The van der Waals surface area contributed by atoms with Crippen molar-refractivity contribution < 1.29 is 21.6 Å².